The Morgan fingerprint density at radius 1 is 0.375 bits per heavy atom. The van der Waals surface area contributed by atoms with Crippen molar-refractivity contribution in [2.45, 2.75) is 79.7 Å². The second-order valence-corrected chi connectivity index (χ2v) is 3.12. The lowest BCUT2D eigenvalue weighted by atomic mass is 10.3. The normalized spacial score (nSPS) is 6.75. The summed E-state index contributed by atoms with van der Waals surface area (Å²) in [5, 5.41) is 0. The van der Waals surface area contributed by atoms with Gasteiger partial charge in [0.05, 0.1) is 26.4 Å². The van der Waals surface area contributed by atoms with E-state index in [-0.39, 0.29) is 66.8 Å². The molecule has 0 bridgehead atoms. The van der Waals surface area contributed by atoms with Gasteiger partial charge in [0.2, 0.25) is 0 Å². The lowest BCUT2D eigenvalue weighted by Gasteiger charge is -2.05. The molecule has 0 spiro atoms. The highest BCUT2D eigenvalue weighted by atomic mass is 16.5. The van der Waals surface area contributed by atoms with Crippen LogP contribution in [0.4, 0.5) is 0 Å². The molecule has 0 heterocycles. The molecular formula is C19H60N2O3. The molecule has 5 nitrogen and oxygen atoms in total. The molecule has 0 rings (SSSR count). The highest BCUT2D eigenvalue weighted by molar-refractivity contribution is 4.40. The van der Waals surface area contributed by atoms with Gasteiger partial charge in [0, 0.05) is 26.3 Å². The molecule has 0 aliphatic heterocycles. The maximum absolute atomic E-state index is 5.34. The molecule has 0 radical (unpaired) electrons. The summed E-state index contributed by atoms with van der Waals surface area (Å²) in [6.45, 7) is 5.21. The van der Waals surface area contributed by atoms with Crippen LogP contribution in [0.5, 0.6) is 0 Å². The highest BCUT2D eigenvalue weighted by Crippen LogP contribution is 1.91. The maximum atomic E-state index is 5.34. The first kappa shape index (κ1) is 65.0. The van der Waals surface area contributed by atoms with E-state index in [2.05, 4.69) is 0 Å². The predicted octanol–water partition coefficient (Wildman–Crippen LogP) is 5.46. The SMILES string of the molecule is C.C.C.C.C.C.C.C.C.NCCOCCCCOCCOCCN. The van der Waals surface area contributed by atoms with Gasteiger partial charge < -0.3 is 25.7 Å². The fourth-order valence-corrected chi connectivity index (χ4v) is 0.999. The minimum atomic E-state index is 0. The van der Waals surface area contributed by atoms with Gasteiger partial charge in [-0.25, -0.2) is 0 Å². The molecule has 0 saturated heterocycles. The Morgan fingerprint density at radius 2 is 0.625 bits per heavy atom. The van der Waals surface area contributed by atoms with Crippen molar-refractivity contribution in [3.05, 3.63) is 0 Å². The third-order valence-electron chi connectivity index (χ3n) is 1.72. The molecule has 0 saturated carbocycles. The van der Waals surface area contributed by atoms with E-state index in [4.69, 9.17) is 25.7 Å². The average Bonchev–Trinajstić information content (AvgIpc) is 2.26. The van der Waals surface area contributed by atoms with Crippen molar-refractivity contribution in [2.24, 2.45) is 11.5 Å². The molecule has 0 atom stereocenters. The van der Waals surface area contributed by atoms with Crippen LogP contribution in [0.1, 0.15) is 79.7 Å². The van der Waals surface area contributed by atoms with Crippen molar-refractivity contribution in [3.63, 3.8) is 0 Å². The van der Waals surface area contributed by atoms with Crippen LogP contribution in [0.15, 0.2) is 0 Å². The van der Waals surface area contributed by atoms with Crippen LogP contribution in [-0.2, 0) is 14.2 Å². The summed E-state index contributed by atoms with van der Waals surface area (Å²) in [5.74, 6) is 0. The van der Waals surface area contributed by atoms with Crippen LogP contribution in [0.2, 0.25) is 0 Å². The Hall–Kier alpha value is -0.200. The van der Waals surface area contributed by atoms with E-state index >= 15 is 0 Å². The van der Waals surface area contributed by atoms with Gasteiger partial charge in [-0.15, -0.1) is 0 Å². The number of hydrogen-bond donors (Lipinski definition) is 2. The van der Waals surface area contributed by atoms with Gasteiger partial charge >= 0.3 is 0 Å². The molecule has 5 heteroatoms. The second-order valence-electron chi connectivity index (χ2n) is 3.12. The van der Waals surface area contributed by atoms with E-state index in [1.807, 2.05) is 0 Å². The smallest absolute Gasteiger partial charge is 0.0701 e. The zero-order valence-corrected chi connectivity index (χ0v) is 9.45. The molecule has 0 aromatic carbocycles. The molecule has 164 valence electrons. The number of rotatable bonds is 12. The van der Waals surface area contributed by atoms with E-state index in [0.717, 1.165) is 26.1 Å². The Labute approximate surface area is 158 Å². The summed E-state index contributed by atoms with van der Waals surface area (Å²) < 4.78 is 15.7. The third-order valence-corrected chi connectivity index (χ3v) is 1.72. The monoisotopic (exact) mass is 364 g/mol. The summed E-state index contributed by atoms with van der Waals surface area (Å²) in [7, 11) is 0. The molecule has 24 heavy (non-hydrogen) atoms. The number of hydrogen-bond acceptors (Lipinski definition) is 5. The highest BCUT2D eigenvalue weighted by Gasteiger charge is 1.91. The van der Waals surface area contributed by atoms with Crippen molar-refractivity contribution in [1.82, 2.24) is 0 Å². The van der Waals surface area contributed by atoms with Gasteiger partial charge in [-0.05, 0) is 12.8 Å². The summed E-state index contributed by atoms with van der Waals surface area (Å²) in [5.41, 5.74) is 10.5. The first-order chi connectivity index (χ1) is 7.41. The molecule has 0 aliphatic rings. The van der Waals surface area contributed by atoms with Gasteiger partial charge in [0.25, 0.3) is 0 Å². The number of unbranched alkanes of at least 4 members (excludes halogenated alkanes) is 1. The van der Waals surface area contributed by atoms with Gasteiger partial charge in [-0.3, -0.25) is 0 Å². The Kier molecular flexibility index (Phi) is 179. The first-order valence-corrected chi connectivity index (χ1v) is 5.55. The molecule has 4 N–H and O–H groups in total. The van der Waals surface area contributed by atoms with Gasteiger partial charge in [0.15, 0.2) is 0 Å². The van der Waals surface area contributed by atoms with Crippen LogP contribution < -0.4 is 11.5 Å². The van der Waals surface area contributed by atoms with Crippen molar-refractivity contribution in [3.8, 4) is 0 Å². The van der Waals surface area contributed by atoms with Crippen LogP contribution in [-0.4, -0.2) is 52.7 Å². The van der Waals surface area contributed by atoms with Crippen molar-refractivity contribution in [1.29, 1.82) is 0 Å². The zero-order chi connectivity index (χ0) is 11.2. The minimum Gasteiger partial charge on any atom is -0.380 e. The van der Waals surface area contributed by atoms with Crippen LogP contribution in [0, 0.1) is 0 Å². The van der Waals surface area contributed by atoms with E-state index in [9.17, 15) is 0 Å². The molecule has 0 amide bonds. The Balaban J connectivity index is -0.0000000272. The molecule has 0 unspecified atom stereocenters. The van der Waals surface area contributed by atoms with E-state index in [0.29, 0.717) is 39.5 Å². The third kappa shape index (κ3) is 67.7. The standard InChI is InChI=1S/C10H24N2O3.9CH4/c11-3-7-13-5-1-2-6-14-9-10-15-8-4-12;;;;;;;;;/h1-12H2;9*1H4. The Bertz CT molecular complexity index is 107. The van der Waals surface area contributed by atoms with Crippen molar-refractivity contribution >= 4 is 0 Å². The average molecular weight is 365 g/mol. The van der Waals surface area contributed by atoms with Gasteiger partial charge in [0.1, 0.15) is 0 Å². The Morgan fingerprint density at radius 3 is 0.917 bits per heavy atom. The lowest BCUT2D eigenvalue weighted by Crippen LogP contribution is -2.12. The molecule has 0 fully saturated rings. The summed E-state index contributed by atoms with van der Waals surface area (Å²) in [6.07, 6.45) is 2.03. The van der Waals surface area contributed by atoms with Crippen molar-refractivity contribution < 1.29 is 14.2 Å². The van der Waals surface area contributed by atoms with Gasteiger partial charge in [-0.1, -0.05) is 66.8 Å². The van der Waals surface area contributed by atoms with Crippen LogP contribution >= 0.6 is 0 Å². The van der Waals surface area contributed by atoms with E-state index in [1.54, 1.807) is 0 Å². The second kappa shape index (κ2) is 66.1. The molecule has 0 aromatic rings. The number of nitrogens with two attached hydrogens (primary N) is 2. The summed E-state index contributed by atoms with van der Waals surface area (Å²) >= 11 is 0. The molecule has 0 aromatic heterocycles. The lowest BCUT2D eigenvalue weighted by molar-refractivity contribution is 0.0460. The fourth-order valence-electron chi connectivity index (χ4n) is 0.999. The predicted molar refractivity (Wildman–Crippen MR) is 120 cm³/mol. The van der Waals surface area contributed by atoms with E-state index < -0.39 is 0 Å². The largest absolute Gasteiger partial charge is 0.380 e. The van der Waals surface area contributed by atoms with Crippen LogP contribution in [0.25, 0.3) is 0 Å². The van der Waals surface area contributed by atoms with Crippen molar-refractivity contribution in [2.75, 3.05) is 52.7 Å². The molecule has 0 aliphatic carbocycles. The van der Waals surface area contributed by atoms with Crippen LogP contribution in [0.3, 0.4) is 0 Å². The maximum Gasteiger partial charge on any atom is 0.0701 e. The minimum absolute atomic E-state index is 0. The van der Waals surface area contributed by atoms with Gasteiger partial charge in [-0.2, -0.15) is 0 Å². The molecular weight excluding hydrogens is 304 g/mol. The first-order valence-electron chi connectivity index (χ1n) is 5.55. The quantitative estimate of drug-likeness (QED) is 0.449. The van der Waals surface area contributed by atoms with E-state index in [1.165, 1.54) is 0 Å². The fraction of sp³-hybridized carbons (Fsp3) is 1.00. The summed E-state index contributed by atoms with van der Waals surface area (Å²) in [4.78, 5) is 0. The zero-order valence-electron chi connectivity index (χ0n) is 9.45. The number of ether oxygens (including phenoxy) is 3. The summed E-state index contributed by atoms with van der Waals surface area (Å²) in [6, 6.07) is 0. The topological polar surface area (TPSA) is 79.7 Å².